The van der Waals surface area contributed by atoms with E-state index in [9.17, 15) is 4.79 Å². The first-order valence-corrected chi connectivity index (χ1v) is 7.55. The fourth-order valence-corrected chi connectivity index (χ4v) is 2.55. The summed E-state index contributed by atoms with van der Waals surface area (Å²) in [5.74, 6) is 0.950. The standard InChI is InChI=1S/C16H13Cl2NO3/c17-11-3-4-13(12(18)9-11)19-16(20)10-2-5-14-15(8-10)22-7-1-6-21-14/h2-5,8-9H,1,6-7H2,(H,19,20). The Hall–Kier alpha value is -1.91. The molecule has 1 aliphatic heterocycles. The smallest absolute Gasteiger partial charge is 0.255 e. The zero-order chi connectivity index (χ0) is 15.5. The molecule has 0 saturated heterocycles. The molecule has 0 atom stereocenters. The van der Waals surface area contributed by atoms with Gasteiger partial charge in [-0.25, -0.2) is 0 Å². The van der Waals surface area contributed by atoms with E-state index in [0.29, 0.717) is 46.0 Å². The number of halogens is 2. The molecule has 2 aromatic carbocycles. The van der Waals surface area contributed by atoms with E-state index in [1.54, 1.807) is 36.4 Å². The first-order chi connectivity index (χ1) is 10.6. The quantitative estimate of drug-likeness (QED) is 0.882. The van der Waals surface area contributed by atoms with Gasteiger partial charge in [-0.3, -0.25) is 4.79 Å². The van der Waals surface area contributed by atoms with Crippen molar-refractivity contribution in [3.8, 4) is 11.5 Å². The van der Waals surface area contributed by atoms with Crippen molar-refractivity contribution >= 4 is 34.8 Å². The minimum Gasteiger partial charge on any atom is -0.490 e. The Labute approximate surface area is 137 Å². The maximum Gasteiger partial charge on any atom is 0.255 e. The number of hydrogen-bond acceptors (Lipinski definition) is 3. The summed E-state index contributed by atoms with van der Waals surface area (Å²) in [6.45, 7) is 1.18. The van der Waals surface area contributed by atoms with Crippen molar-refractivity contribution < 1.29 is 14.3 Å². The average Bonchev–Trinajstić information content (AvgIpc) is 2.74. The largest absolute Gasteiger partial charge is 0.490 e. The van der Waals surface area contributed by atoms with Crippen LogP contribution in [0.25, 0.3) is 0 Å². The van der Waals surface area contributed by atoms with Crippen LogP contribution in [0.1, 0.15) is 16.8 Å². The molecule has 0 radical (unpaired) electrons. The van der Waals surface area contributed by atoms with Crippen molar-refractivity contribution in [2.45, 2.75) is 6.42 Å². The summed E-state index contributed by atoms with van der Waals surface area (Å²) in [4.78, 5) is 12.3. The highest BCUT2D eigenvalue weighted by Gasteiger charge is 2.15. The predicted octanol–water partition coefficient (Wildman–Crippen LogP) is 4.41. The molecule has 0 aliphatic carbocycles. The number of rotatable bonds is 2. The molecule has 6 heteroatoms. The number of nitrogens with one attached hydrogen (secondary N) is 1. The molecule has 0 aromatic heterocycles. The van der Waals surface area contributed by atoms with Gasteiger partial charge in [0.05, 0.1) is 23.9 Å². The fourth-order valence-electron chi connectivity index (χ4n) is 2.09. The van der Waals surface area contributed by atoms with Crippen molar-refractivity contribution in [1.29, 1.82) is 0 Å². The molecule has 1 heterocycles. The maximum atomic E-state index is 12.3. The summed E-state index contributed by atoms with van der Waals surface area (Å²) < 4.78 is 11.1. The van der Waals surface area contributed by atoms with E-state index in [-0.39, 0.29) is 5.91 Å². The summed E-state index contributed by atoms with van der Waals surface area (Å²) in [5, 5.41) is 3.65. The number of carbonyl (C=O) groups is 1. The molecule has 3 rings (SSSR count). The Morgan fingerprint density at radius 2 is 1.77 bits per heavy atom. The lowest BCUT2D eigenvalue weighted by Gasteiger charge is -2.10. The Morgan fingerprint density at radius 1 is 1.00 bits per heavy atom. The minimum atomic E-state index is -0.278. The summed E-state index contributed by atoms with van der Waals surface area (Å²) in [6.07, 6.45) is 0.816. The van der Waals surface area contributed by atoms with Crippen molar-refractivity contribution in [1.82, 2.24) is 0 Å². The zero-order valence-corrected chi connectivity index (χ0v) is 13.1. The summed E-state index contributed by atoms with van der Waals surface area (Å²) in [6, 6.07) is 9.99. The molecule has 4 nitrogen and oxygen atoms in total. The highest BCUT2D eigenvalue weighted by molar-refractivity contribution is 6.36. The zero-order valence-electron chi connectivity index (χ0n) is 11.6. The fraction of sp³-hybridized carbons (Fsp3) is 0.188. The molecule has 1 amide bonds. The van der Waals surface area contributed by atoms with Gasteiger partial charge >= 0.3 is 0 Å². The first-order valence-electron chi connectivity index (χ1n) is 6.79. The van der Waals surface area contributed by atoms with Crippen LogP contribution in [0.4, 0.5) is 5.69 Å². The SMILES string of the molecule is O=C(Nc1ccc(Cl)cc1Cl)c1ccc2c(c1)OCCCO2. The van der Waals surface area contributed by atoms with Crippen molar-refractivity contribution in [3.05, 3.63) is 52.0 Å². The van der Waals surface area contributed by atoms with Gasteiger partial charge in [-0.05, 0) is 36.4 Å². The van der Waals surface area contributed by atoms with Gasteiger partial charge in [0.25, 0.3) is 5.91 Å². The Balaban J connectivity index is 1.81. The lowest BCUT2D eigenvalue weighted by atomic mass is 10.2. The summed E-state index contributed by atoms with van der Waals surface area (Å²) in [5.41, 5.74) is 0.971. The van der Waals surface area contributed by atoms with Crippen LogP contribution in [0, 0.1) is 0 Å². The van der Waals surface area contributed by atoms with Gasteiger partial charge < -0.3 is 14.8 Å². The van der Waals surface area contributed by atoms with Gasteiger partial charge in [0.15, 0.2) is 11.5 Å². The molecule has 2 aromatic rings. The van der Waals surface area contributed by atoms with Crippen molar-refractivity contribution in [2.75, 3.05) is 18.5 Å². The second-order valence-corrected chi connectivity index (χ2v) is 5.63. The third-order valence-corrected chi connectivity index (χ3v) is 3.74. The van der Waals surface area contributed by atoms with Crippen LogP contribution in [0.15, 0.2) is 36.4 Å². The van der Waals surface area contributed by atoms with Crippen molar-refractivity contribution in [2.24, 2.45) is 0 Å². The molecule has 0 saturated carbocycles. The molecule has 0 fully saturated rings. The van der Waals surface area contributed by atoms with Crippen LogP contribution < -0.4 is 14.8 Å². The Kier molecular flexibility index (Phi) is 4.41. The highest BCUT2D eigenvalue weighted by atomic mass is 35.5. The van der Waals surface area contributed by atoms with E-state index in [2.05, 4.69) is 5.32 Å². The van der Waals surface area contributed by atoms with Gasteiger partial charge in [-0.1, -0.05) is 23.2 Å². The van der Waals surface area contributed by atoms with Gasteiger partial charge in [0.2, 0.25) is 0 Å². The lowest BCUT2D eigenvalue weighted by molar-refractivity contribution is 0.102. The van der Waals surface area contributed by atoms with E-state index < -0.39 is 0 Å². The lowest BCUT2D eigenvalue weighted by Crippen LogP contribution is -2.12. The predicted molar refractivity (Wildman–Crippen MR) is 86.5 cm³/mol. The number of benzene rings is 2. The number of ether oxygens (including phenoxy) is 2. The Morgan fingerprint density at radius 3 is 2.55 bits per heavy atom. The van der Waals surface area contributed by atoms with Crippen LogP contribution in [0.2, 0.25) is 10.0 Å². The number of hydrogen-bond donors (Lipinski definition) is 1. The summed E-state index contributed by atoms with van der Waals surface area (Å²) in [7, 11) is 0. The average molecular weight is 338 g/mol. The third kappa shape index (κ3) is 3.29. The number of carbonyl (C=O) groups excluding carboxylic acids is 1. The topological polar surface area (TPSA) is 47.6 Å². The molecule has 114 valence electrons. The van der Waals surface area contributed by atoms with Gasteiger partial charge in [0.1, 0.15) is 0 Å². The molecule has 1 aliphatic rings. The van der Waals surface area contributed by atoms with Crippen LogP contribution in [0.3, 0.4) is 0 Å². The second-order valence-electron chi connectivity index (χ2n) is 4.79. The monoisotopic (exact) mass is 337 g/mol. The van der Waals surface area contributed by atoms with Crippen LogP contribution in [-0.2, 0) is 0 Å². The molecule has 0 spiro atoms. The normalized spacial score (nSPS) is 13.4. The van der Waals surface area contributed by atoms with E-state index in [0.717, 1.165) is 6.42 Å². The van der Waals surface area contributed by atoms with Gasteiger partial charge in [0, 0.05) is 17.0 Å². The third-order valence-electron chi connectivity index (χ3n) is 3.19. The molecule has 1 N–H and O–H groups in total. The maximum absolute atomic E-state index is 12.3. The molecular formula is C16H13Cl2NO3. The Bertz CT molecular complexity index is 719. The first kappa shape index (κ1) is 15.0. The second kappa shape index (κ2) is 6.46. The van der Waals surface area contributed by atoms with Crippen LogP contribution in [0.5, 0.6) is 11.5 Å². The molecule has 0 unspecified atom stereocenters. The minimum absolute atomic E-state index is 0.278. The van der Waals surface area contributed by atoms with E-state index >= 15 is 0 Å². The number of anilines is 1. The van der Waals surface area contributed by atoms with E-state index in [1.165, 1.54) is 0 Å². The van der Waals surface area contributed by atoms with Gasteiger partial charge in [-0.2, -0.15) is 0 Å². The summed E-state index contributed by atoms with van der Waals surface area (Å²) >= 11 is 11.9. The van der Waals surface area contributed by atoms with E-state index in [1.807, 2.05) is 0 Å². The van der Waals surface area contributed by atoms with E-state index in [4.69, 9.17) is 32.7 Å². The number of amides is 1. The van der Waals surface area contributed by atoms with Crippen molar-refractivity contribution in [3.63, 3.8) is 0 Å². The molecule has 0 bridgehead atoms. The van der Waals surface area contributed by atoms with Gasteiger partial charge in [-0.15, -0.1) is 0 Å². The van der Waals surface area contributed by atoms with Crippen LogP contribution in [-0.4, -0.2) is 19.1 Å². The molecule has 22 heavy (non-hydrogen) atoms. The number of fused-ring (bicyclic) bond motifs is 1. The van der Waals surface area contributed by atoms with Crippen LogP contribution >= 0.6 is 23.2 Å². The molecular weight excluding hydrogens is 325 g/mol. The highest BCUT2D eigenvalue weighted by Crippen LogP contribution is 2.31.